The molecule has 0 amide bonds. The van der Waals surface area contributed by atoms with Gasteiger partial charge in [-0.05, 0) is 24.3 Å². The molecule has 0 heterocycles. The van der Waals surface area contributed by atoms with Gasteiger partial charge >= 0.3 is 5.97 Å². The molecule has 2 atom stereocenters. The van der Waals surface area contributed by atoms with Gasteiger partial charge in [0.25, 0.3) is 0 Å². The van der Waals surface area contributed by atoms with Crippen molar-refractivity contribution >= 4 is 5.97 Å². The SMILES string of the molecule is COC(=O)[C@@H]1CC[C@H]1c1ccccc1. The molecule has 1 aliphatic rings. The van der Waals surface area contributed by atoms with E-state index in [1.807, 2.05) is 18.2 Å². The number of carbonyl (C=O) groups is 1. The van der Waals surface area contributed by atoms with Crippen molar-refractivity contribution in [3.05, 3.63) is 35.9 Å². The first-order valence-electron chi connectivity index (χ1n) is 4.95. The summed E-state index contributed by atoms with van der Waals surface area (Å²) in [6.45, 7) is 0. The summed E-state index contributed by atoms with van der Waals surface area (Å²) in [6.07, 6.45) is 2.07. The molecule has 0 aliphatic heterocycles. The number of hydrogen-bond acceptors (Lipinski definition) is 2. The molecule has 1 aromatic rings. The lowest BCUT2D eigenvalue weighted by atomic mass is 9.70. The normalized spacial score (nSPS) is 25.2. The van der Waals surface area contributed by atoms with E-state index in [4.69, 9.17) is 4.74 Å². The highest BCUT2D eigenvalue weighted by Gasteiger charge is 2.37. The molecule has 2 nitrogen and oxygen atoms in total. The van der Waals surface area contributed by atoms with Crippen molar-refractivity contribution in [1.82, 2.24) is 0 Å². The Hall–Kier alpha value is -1.31. The Balaban J connectivity index is 2.10. The summed E-state index contributed by atoms with van der Waals surface area (Å²) in [5.74, 6) is 0.399. The molecule has 0 radical (unpaired) electrons. The van der Waals surface area contributed by atoms with Gasteiger partial charge < -0.3 is 4.74 Å². The number of methoxy groups -OCH3 is 1. The zero-order chi connectivity index (χ0) is 9.97. The Morgan fingerprint density at radius 3 is 2.50 bits per heavy atom. The lowest BCUT2D eigenvalue weighted by molar-refractivity contribution is -0.149. The second-order valence-corrected chi connectivity index (χ2v) is 3.72. The van der Waals surface area contributed by atoms with Crippen molar-refractivity contribution in [1.29, 1.82) is 0 Å². The summed E-state index contributed by atoms with van der Waals surface area (Å²) < 4.78 is 4.77. The molecule has 14 heavy (non-hydrogen) atoms. The average molecular weight is 190 g/mol. The van der Waals surface area contributed by atoms with Crippen molar-refractivity contribution in [3.8, 4) is 0 Å². The molecule has 0 saturated heterocycles. The van der Waals surface area contributed by atoms with E-state index < -0.39 is 0 Å². The van der Waals surface area contributed by atoms with Crippen LogP contribution in [0.5, 0.6) is 0 Å². The molecule has 1 saturated carbocycles. The predicted molar refractivity (Wildman–Crippen MR) is 53.9 cm³/mol. The van der Waals surface area contributed by atoms with Gasteiger partial charge in [-0.15, -0.1) is 0 Å². The smallest absolute Gasteiger partial charge is 0.309 e. The number of benzene rings is 1. The fraction of sp³-hybridized carbons (Fsp3) is 0.417. The summed E-state index contributed by atoms with van der Waals surface area (Å²) in [5.41, 5.74) is 1.26. The first kappa shape index (κ1) is 9.25. The van der Waals surface area contributed by atoms with Crippen LogP contribution >= 0.6 is 0 Å². The molecule has 1 aromatic carbocycles. The molecular weight excluding hydrogens is 176 g/mol. The fourth-order valence-electron chi connectivity index (χ4n) is 2.03. The predicted octanol–water partition coefficient (Wildman–Crippen LogP) is 2.35. The highest BCUT2D eigenvalue weighted by molar-refractivity contribution is 5.74. The fourth-order valence-corrected chi connectivity index (χ4v) is 2.03. The molecule has 1 aliphatic carbocycles. The van der Waals surface area contributed by atoms with Crippen molar-refractivity contribution < 1.29 is 9.53 Å². The quantitative estimate of drug-likeness (QED) is 0.669. The van der Waals surface area contributed by atoms with Gasteiger partial charge in [-0.2, -0.15) is 0 Å². The van der Waals surface area contributed by atoms with E-state index in [0.717, 1.165) is 12.8 Å². The van der Waals surface area contributed by atoms with Crippen LogP contribution in [0.1, 0.15) is 24.3 Å². The van der Waals surface area contributed by atoms with Crippen LogP contribution in [0, 0.1) is 5.92 Å². The summed E-state index contributed by atoms with van der Waals surface area (Å²) in [7, 11) is 1.46. The monoisotopic (exact) mass is 190 g/mol. The summed E-state index contributed by atoms with van der Waals surface area (Å²) in [4.78, 5) is 11.4. The van der Waals surface area contributed by atoms with Gasteiger partial charge in [-0.3, -0.25) is 4.79 Å². The molecule has 0 bridgehead atoms. The summed E-state index contributed by atoms with van der Waals surface area (Å²) in [5, 5.41) is 0. The first-order valence-corrected chi connectivity index (χ1v) is 4.95. The van der Waals surface area contributed by atoms with Crippen LogP contribution in [0.3, 0.4) is 0 Å². The van der Waals surface area contributed by atoms with Crippen LogP contribution in [0.2, 0.25) is 0 Å². The number of carbonyl (C=O) groups excluding carboxylic acids is 1. The van der Waals surface area contributed by atoms with E-state index in [-0.39, 0.29) is 11.9 Å². The second kappa shape index (κ2) is 3.82. The Bertz CT molecular complexity index is 318. The van der Waals surface area contributed by atoms with E-state index in [9.17, 15) is 4.79 Å². The van der Waals surface area contributed by atoms with Gasteiger partial charge in [-0.25, -0.2) is 0 Å². The Labute approximate surface area is 83.9 Å². The third kappa shape index (κ3) is 1.52. The zero-order valence-electron chi connectivity index (χ0n) is 8.27. The Morgan fingerprint density at radius 2 is 2.00 bits per heavy atom. The maximum absolute atomic E-state index is 11.4. The molecule has 74 valence electrons. The Morgan fingerprint density at radius 1 is 1.29 bits per heavy atom. The number of esters is 1. The molecule has 0 spiro atoms. The largest absolute Gasteiger partial charge is 0.469 e. The van der Waals surface area contributed by atoms with Gasteiger partial charge in [0.15, 0.2) is 0 Å². The number of ether oxygens (including phenoxy) is 1. The summed E-state index contributed by atoms with van der Waals surface area (Å²) >= 11 is 0. The third-order valence-corrected chi connectivity index (χ3v) is 3.01. The topological polar surface area (TPSA) is 26.3 Å². The molecule has 1 fully saturated rings. The van der Waals surface area contributed by atoms with Crippen LogP contribution in [0.4, 0.5) is 0 Å². The Kier molecular flexibility index (Phi) is 2.53. The minimum Gasteiger partial charge on any atom is -0.469 e. The average Bonchev–Trinajstić information content (AvgIpc) is 2.17. The van der Waals surface area contributed by atoms with Crippen LogP contribution in [0.15, 0.2) is 30.3 Å². The maximum Gasteiger partial charge on any atom is 0.309 e. The lowest BCUT2D eigenvalue weighted by Crippen LogP contribution is -2.31. The third-order valence-electron chi connectivity index (χ3n) is 3.01. The highest BCUT2D eigenvalue weighted by atomic mass is 16.5. The van der Waals surface area contributed by atoms with Gasteiger partial charge in [0.1, 0.15) is 0 Å². The van der Waals surface area contributed by atoms with Crippen LogP contribution < -0.4 is 0 Å². The summed E-state index contributed by atoms with van der Waals surface area (Å²) in [6, 6.07) is 10.2. The van der Waals surface area contributed by atoms with Crippen molar-refractivity contribution in [2.45, 2.75) is 18.8 Å². The molecule has 2 heteroatoms. The zero-order valence-corrected chi connectivity index (χ0v) is 8.27. The van der Waals surface area contributed by atoms with Crippen LogP contribution in [-0.2, 0) is 9.53 Å². The number of hydrogen-bond donors (Lipinski definition) is 0. The maximum atomic E-state index is 11.4. The van der Waals surface area contributed by atoms with E-state index in [1.54, 1.807) is 0 Å². The van der Waals surface area contributed by atoms with Gasteiger partial charge in [0, 0.05) is 0 Å². The van der Waals surface area contributed by atoms with Gasteiger partial charge in [0.05, 0.1) is 13.0 Å². The van der Waals surface area contributed by atoms with Crippen molar-refractivity contribution in [2.24, 2.45) is 5.92 Å². The lowest BCUT2D eigenvalue weighted by Gasteiger charge is -2.34. The molecule has 0 unspecified atom stereocenters. The molecule has 0 N–H and O–H groups in total. The van der Waals surface area contributed by atoms with Crippen molar-refractivity contribution in [3.63, 3.8) is 0 Å². The van der Waals surface area contributed by atoms with E-state index in [0.29, 0.717) is 5.92 Å². The highest BCUT2D eigenvalue weighted by Crippen LogP contribution is 2.42. The van der Waals surface area contributed by atoms with Gasteiger partial charge in [-0.1, -0.05) is 30.3 Å². The van der Waals surface area contributed by atoms with E-state index >= 15 is 0 Å². The minimum absolute atomic E-state index is 0.0647. The number of rotatable bonds is 2. The van der Waals surface area contributed by atoms with E-state index in [2.05, 4.69) is 12.1 Å². The van der Waals surface area contributed by atoms with Crippen molar-refractivity contribution in [2.75, 3.05) is 7.11 Å². The minimum atomic E-state index is -0.0647. The standard InChI is InChI=1S/C12H14O2/c1-14-12(13)11-8-7-10(11)9-5-3-2-4-6-9/h2-6,10-11H,7-8H2,1H3/t10-,11+/m0/s1. The molecule has 0 aromatic heterocycles. The first-order chi connectivity index (χ1) is 6.83. The molecular formula is C12H14O2. The van der Waals surface area contributed by atoms with Crippen LogP contribution in [-0.4, -0.2) is 13.1 Å². The molecule has 2 rings (SSSR count). The second-order valence-electron chi connectivity index (χ2n) is 3.72. The van der Waals surface area contributed by atoms with Gasteiger partial charge in [0.2, 0.25) is 0 Å². The van der Waals surface area contributed by atoms with E-state index in [1.165, 1.54) is 12.7 Å². The van der Waals surface area contributed by atoms with Crippen LogP contribution in [0.25, 0.3) is 0 Å².